The van der Waals surface area contributed by atoms with Crippen LogP contribution in [0.2, 0.25) is 0 Å². The number of ether oxygens (including phenoxy) is 1. The van der Waals surface area contributed by atoms with Gasteiger partial charge in [-0.2, -0.15) is 0 Å². The summed E-state index contributed by atoms with van der Waals surface area (Å²) < 4.78 is 5.44. The van der Waals surface area contributed by atoms with Crippen molar-refractivity contribution in [3.8, 4) is 5.75 Å². The third kappa shape index (κ3) is 4.33. The molecule has 1 aromatic carbocycles. The van der Waals surface area contributed by atoms with Crippen LogP contribution in [0.5, 0.6) is 5.75 Å². The number of unbranched alkanes of at least 4 members (excludes halogenated alkanes) is 1. The van der Waals surface area contributed by atoms with E-state index in [0.717, 1.165) is 12.1 Å². The zero-order valence-corrected chi connectivity index (χ0v) is 15.0. The lowest BCUT2D eigenvalue weighted by atomic mass is 9.96. The summed E-state index contributed by atoms with van der Waals surface area (Å²) in [6, 6.07) is 7.79. The minimum Gasteiger partial charge on any atom is -0.482 e. The molecule has 0 spiro atoms. The normalized spacial score (nSPS) is 22.4. The fourth-order valence-electron chi connectivity index (χ4n) is 3.93. The van der Waals surface area contributed by atoms with Crippen molar-refractivity contribution in [2.75, 3.05) is 18.1 Å². The van der Waals surface area contributed by atoms with Crippen molar-refractivity contribution in [3.63, 3.8) is 0 Å². The van der Waals surface area contributed by atoms with Crippen LogP contribution in [0.3, 0.4) is 0 Å². The molecule has 0 aromatic heterocycles. The highest BCUT2D eigenvalue weighted by molar-refractivity contribution is 5.98. The van der Waals surface area contributed by atoms with Gasteiger partial charge in [0, 0.05) is 19.0 Å². The summed E-state index contributed by atoms with van der Waals surface area (Å²) in [6.07, 6.45) is 7.48. The molecule has 0 saturated heterocycles. The Kier molecular flexibility index (Phi) is 5.95. The van der Waals surface area contributed by atoms with E-state index in [0.29, 0.717) is 30.7 Å². The smallest absolute Gasteiger partial charge is 0.265 e. The Labute approximate surface area is 149 Å². The third-order valence-electron chi connectivity index (χ3n) is 5.30. The molecule has 1 N–H and O–H groups in total. The van der Waals surface area contributed by atoms with Gasteiger partial charge in [0.15, 0.2) is 6.61 Å². The molecule has 2 unspecified atom stereocenters. The minimum atomic E-state index is -0.0896. The summed E-state index contributed by atoms with van der Waals surface area (Å²) in [5.74, 6) is 1.28. The van der Waals surface area contributed by atoms with E-state index in [1.807, 2.05) is 24.3 Å². The van der Waals surface area contributed by atoms with Gasteiger partial charge in [-0.3, -0.25) is 9.59 Å². The molecule has 136 valence electrons. The molecule has 5 heteroatoms. The molecule has 0 bridgehead atoms. The number of nitrogens with zero attached hydrogens (tertiary/aromatic N) is 1. The average molecular weight is 344 g/mol. The molecule has 3 rings (SSSR count). The Morgan fingerprint density at radius 3 is 3.00 bits per heavy atom. The zero-order valence-electron chi connectivity index (χ0n) is 15.0. The van der Waals surface area contributed by atoms with Crippen molar-refractivity contribution in [1.29, 1.82) is 0 Å². The molecular weight excluding hydrogens is 316 g/mol. The highest BCUT2D eigenvalue weighted by Crippen LogP contribution is 2.32. The first-order valence-corrected chi connectivity index (χ1v) is 9.50. The maximum Gasteiger partial charge on any atom is 0.265 e. The van der Waals surface area contributed by atoms with Crippen LogP contribution < -0.4 is 15.0 Å². The number of hydrogen-bond donors (Lipinski definition) is 1. The molecule has 2 aliphatic rings. The van der Waals surface area contributed by atoms with Gasteiger partial charge in [-0.15, -0.1) is 0 Å². The van der Waals surface area contributed by atoms with Gasteiger partial charge >= 0.3 is 0 Å². The monoisotopic (exact) mass is 344 g/mol. The molecule has 5 nitrogen and oxygen atoms in total. The second kappa shape index (κ2) is 8.37. The van der Waals surface area contributed by atoms with Crippen molar-refractivity contribution < 1.29 is 14.3 Å². The van der Waals surface area contributed by atoms with Crippen molar-refractivity contribution in [1.82, 2.24) is 5.32 Å². The summed E-state index contributed by atoms with van der Waals surface area (Å²) in [5, 5.41) is 3.21. The molecule has 1 aliphatic carbocycles. The maximum absolute atomic E-state index is 12.4. The van der Waals surface area contributed by atoms with E-state index < -0.39 is 0 Å². The van der Waals surface area contributed by atoms with Crippen LogP contribution in [0.4, 0.5) is 5.69 Å². The van der Waals surface area contributed by atoms with Crippen LogP contribution in [0.15, 0.2) is 24.3 Å². The van der Waals surface area contributed by atoms with Gasteiger partial charge in [-0.25, -0.2) is 0 Å². The van der Waals surface area contributed by atoms with E-state index in [-0.39, 0.29) is 18.4 Å². The average Bonchev–Trinajstić information content (AvgIpc) is 3.06. The lowest BCUT2D eigenvalue weighted by Crippen LogP contribution is -2.43. The van der Waals surface area contributed by atoms with Crippen LogP contribution in [0, 0.1) is 5.92 Å². The van der Waals surface area contributed by atoms with Gasteiger partial charge in [0.25, 0.3) is 5.91 Å². The fourth-order valence-corrected chi connectivity index (χ4v) is 3.93. The number of fused-ring (bicyclic) bond motifs is 1. The van der Waals surface area contributed by atoms with Crippen molar-refractivity contribution in [2.45, 2.75) is 57.9 Å². The number of benzene rings is 1. The number of amides is 2. The van der Waals surface area contributed by atoms with Gasteiger partial charge in [-0.1, -0.05) is 38.3 Å². The molecule has 2 amide bonds. The highest BCUT2D eigenvalue weighted by Gasteiger charge is 2.29. The first-order chi connectivity index (χ1) is 12.2. The van der Waals surface area contributed by atoms with E-state index in [4.69, 9.17) is 4.74 Å². The number of para-hydroxylation sites is 2. The number of carbonyl (C=O) groups is 2. The van der Waals surface area contributed by atoms with Gasteiger partial charge in [0.2, 0.25) is 5.91 Å². The quantitative estimate of drug-likeness (QED) is 0.826. The molecule has 1 fully saturated rings. The van der Waals surface area contributed by atoms with Crippen LogP contribution in [0.25, 0.3) is 0 Å². The molecular formula is C20H28N2O3. The Balaban J connectivity index is 1.53. The number of hydrogen-bond acceptors (Lipinski definition) is 3. The Morgan fingerprint density at radius 2 is 2.16 bits per heavy atom. The standard InChI is InChI=1S/C20H28N2O3/c1-2-3-7-15-8-6-9-16(15)21-19(23)12-13-22-17-10-4-5-11-18(17)25-14-20(22)24/h4-5,10-11,15-16H,2-3,6-9,12-14H2,1H3,(H,21,23). The van der Waals surface area contributed by atoms with Crippen LogP contribution in [-0.4, -0.2) is 31.0 Å². The summed E-state index contributed by atoms with van der Waals surface area (Å²) in [6.45, 7) is 2.65. The van der Waals surface area contributed by atoms with Gasteiger partial charge in [-0.05, 0) is 37.3 Å². The van der Waals surface area contributed by atoms with Gasteiger partial charge in [0.1, 0.15) is 5.75 Å². The molecule has 1 heterocycles. The highest BCUT2D eigenvalue weighted by atomic mass is 16.5. The van der Waals surface area contributed by atoms with E-state index >= 15 is 0 Å². The van der Waals surface area contributed by atoms with E-state index in [1.54, 1.807) is 4.90 Å². The zero-order chi connectivity index (χ0) is 17.6. The second-order valence-corrected chi connectivity index (χ2v) is 7.06. The SMILES string of the molecule is CCCCC1CCCC1NC(=O)CCN1C(=O)COc2ccccc21. The van der Waals surface area contributed by atoms with Crippen LogP contribution in [-0.2, 0) is 9.59 Å². The molecule has 1 saturated carbocycles. The predicted octanol–water partition coefficient (Wildman–Crippen LogP) is 3.28. The summed E-state index contributed by atoms with van der Waals surface area (Å²) >= 11 is 0. The van der Waals surface area contributed by atoms with Crippen LogP contribution >= 0.6 is 0 Å². The molecule has 25 heavy (non-hydrogen) atoms. The largest absolute Gasteiger partial charge is 0.482 e. The summed E-state index contributed by atoms with van der Waals surface area (Å²) in [4.78, 5) is 26.2. The van der Waals surface area contributed by atoms with Crippen LogP contribution in [0.1, 0.15) is 51.9 Å². The number of nitrogens with one attached hydrogen (secondary N) is 1. The predicted molar refractivity (Wildman–Crippen MR) is 97.7 cm³/mol. The first-order valence-electron chi connectivity index (χ1n) is 9.50. The number of rotatable bonds is 7. The number of carbonyl (C=O) groups excluding carboxylic acids is 2. The van der Waals surface area contributed by atoms with E-state index in [1.165, 1.54) is 32.1 Å². The Bertz CT molecular complexity index is 617. The summed E-state index contributed by atoms with van der Waals surface area (Å²) in [7, 11) is 0. The Morgan fingerprint density at radius 1 is 1.32 bits per heavy atom. The molecule has 1 aromatic rings. The van der Waals surface area contributed by atoms with Crippen molar-refractivity contribution in [3.05, 3.63) is 24.3 Å². The Hall–Kier alpha value is -2.04. The topological polar surface area (TPSA) is 58.6 Å². The minimum absolute atomic E-state index is 0.0420. The fraction of sp³-hybridized carbons (Fsp3) is 0.600. The molecule has 2 atom stereocenters. The van der Waals surface area contributed by atoms with Gasteiger partial charge in [0.05, 0.1) is 5.69 Å². The molecule has 0 radical (unpaired) electrons. The first kappa shape index (κ1) is 17.8. The van der Waals surface area contributed by atoms with E-state index in [2.05, 4.69) is 12.2 Å². The lowest BCUT2D eigenvalue weighted by molar-refractivity contribution is -0.122. The number of anilines is 1. The second-order valence-electron chi connectivity index (χ2n) is 7.06. The third-order valence-corrected chi connectivity index (χ3v) is 5.30. The summed E-state index contributed by atoms with van der Waals surface area (Å²) in [5.41, 5.74) is 0.758. The maximum atomic E-state index is 12.4. The van der Waals surface area contributed by atoms with Crippen molar-refractivity contribution in [2.24, 2.45) is 5.92 Å². The van der Waals surface area contributed by atoms with Gasteiger partial charge < -0.3 is 15.0 Å². The van der Waals surface area contributed by atoms with E-state index in [9.17, 15) is 9.59 Å². The lowest BCUT2D eigenvalue weighted by Gasteiger charge is -2.29. The molecule has 1 aliphatic heterocycles. The van der Waals surface area contributed by atoms with Crippen molar-refractivity contribution >= 4 is 17.5 Å².